The zero-order valence-corrected chi connectivity index (χ0v) is 11.9. The lowest BCUT2D eigenvalue weighted by molar-refractivity contribution is -0.117. The number of halogens is 1. The standard InChI is InChI=1S/C15H13BrN2O/c16-13-4-2-1-3-10(13)9-18-14-6-5-12(17)7-11(14)8-15(18)19/h1-7H,8-9,17H2. The molecule has 1 heterocycles. The number of carbonyl (C=O) groups excluding carboxylic acids is 1. The summed E-state index contributed by atoms with van der Waals surface area (Å²) in [6.07, 6.45) is 0.435. The summed E-state index contributed by atoms with van der Waals surface area (Å²) in [6, 6.07) is 13.6. The lowest BCUT2D eigenvalue weighted by Gasteiger charge is -2.18. The quantitative estimate of drug-likeness (QED) is 0.865. The van der Waals surface area contributed by atoms with E-state index in [1.165, 1.54) is 0 Å². The van der Waals surface area contributed by atoms with Crippen molar-refractivity contribution in [3.63, 3.8) is 0 Å². The monoisotopic (exact) mass is 316 g/mol. The summed E-state index contributed by atoms with van der Waals surface area (Å²) in [7, 11) is 0. The van der Waals surface area contributed by atoms with Gasteiger partial charge in [0.05, 0.1) is 13.0 Å². The number of rotatable bonds is 2. The average Bonchev–Trinajstić information content (AvgIpc) is 2.68. The number of nitrogen functional groups attached to an aromatic ring is 1. The minimum absolute atomic E-state index is 0.122. The van der Waals surface area contributed by atoms with Gasteiger partial charge < -0.3 is 10.6 Å². The number of anilines is 2. The van der Waals surface area contributed by atoms with Crippen molar-refractivity contribution in [2.24, 2.45) is 0 Å². The molecule has 3 nitrogen and oxygen atoms in total. The van der Waals surface area contributed by atoms with Crippen molar-refractivity contribution in [3.05, 3.63) is 58.1 Å². The Bertz CT molecular complexity index is 654. The Morgan fingerprint density at radius 1 is 1.21 bits per heavy atom. The second-order valence-electron chi connectivity index (χ2n) is 4.64. The van der Waals surface area contributed by atoms with Gasteiger partial charge in [-0.05, 0) is 35.4 Å². The van der Waals surface area contributed by atoms with Gasteiger partial charge in [-0.15, -0.1) is 0 Å². The molecule has 1 amide bonds. The van der Waals surface area contributed by atoms with E-state index in [0.29, 0.717) is 18.7 Å². The molecule has 3 rings (SSSR count). The van der Waals surface area contributed by atoms with Crippen LogP contribution in [0.1, 0.15) is 11.1 Å². The van der Waals surface area contributed by atoms with Crippen LogP contribution in [0.5, 0.6) is 0 Å². The Kier molecular flexibility index (Phi) is 3.03. The van der Waals surface area contributed by atoms with Gasteiger partial charge >= 0.3 is 0 Å². The molecule has 0 unspecified atom stereocenters. The van der Waals surface area contributed by atoms with Crippen molar-refractivity contribution in [2.45, 2.75) is 13.0 Å². The highest BCUT2D eigenvalue weighted by Gasteiger charge is 2.27. The normalized spacial score (nSPS) is 13.7. The van der Waals surface area contributed by atoms with E-state index in [1.807, 2.05) is 47.4 Å². The summed E-state index contributed by atoms with van der Waals surface area (Å²) < 4.78 is 1.02. The molecule has 1 aliphatic rings. The molecule has 0 aromatic heterocycles. The summed E-state index contributed by atoms with van der Waals surface area (Å²) >= 11 is 3.52. The highest BCUT2D eigenvalue weighted by molar-refractivity contribution is 9.10. The van der Waals surface area contributed by atoms with Crippen molar-refractivity contribution in [1.29, 1.82) is 0 Å². The highest BCUT2D eigenvalue weighted by Crippen LogP contribution is 2.32. The molecule has 0 saturated heterocycles. The zero-order valence-electron chi connectivity index (χ0n) is 10.3. The summed E-state index contributed by atoms with van der Waals surface area (Å²) in [4.78, 5) is 13.9. The molecule has 0 spiro atoms. The van der Waals surface area contributed by atoms with E-state index in [1.54, 1.807) is 0 Å². The number of hydrogen-bond acceptors (Lipinski definition) is 2. The van der Waals surface area contributed by atoms with Gasteiger partial charge in [0.1, 0.15) is 0 Å². The maximum absolute atomic E-state index is 12.1. The van der Waals surface area contributed by atoms with Crippen LogP contribution in [0.25, 0.3) is 0 Å². The smallest absolute Gasteiger partial charge is 0.231 e. The van der Waals surface area contributed by atoms with Crippen LogP contribution in [0.2, 0.25) is 0 Å². The molecule has 1 aliphatic heterocycles. The van der Waals surface area contributed by atoms with Crippen LogP contribution >= 0.6 is 15.9 Å². The van der Waals surface area contributed by atoms with Crippen LogP contribution in [-0.2, 0) is 17.8 Å². The summed E-state index contributed by atoms with van der Waals surface area (Å²) in [5.41, 5.74) is 9.54. The molecule has 2 aromatic rings. The fraction of sp³-hybridized carbons (Fsp3) is 0.133. The number of benzene rings is 2. The SMILES string of the molecule is Nc1ccc2c(c1)CC(=O)N2Cc1ccccc1Br. The van der Waals surface area contributed by atoms with E-state index in [0.717, 1.165) is 21.3 Å². The number of nitrogens with two attached hydrogens (primary N) is 1. The average molecular weight is 317 g/mol. The Hall–Kier alpha value is -1.81. The van der Waals surface area contributed by atoms with Crippen LogP contribution in [-0.4, -0.2) is 5.91 Å². The number of nitrogens with zero attached hydrogens (tertiary/aromatic N) is 1. The van der Waals surface area contributed by atoms with E-state index in [2.05, 4.69) is 15.9 Å². The third-order valence-electron chi connectivity index (χ3n) is 3.32. The first kappa shape index (κ1) is 12.2. The Morgan fingerprint density at radius 2 is 2.00 bits per heavy atom. The van der Waals surface area contributed by atoms with Gasteiger partial charge in [-0.25, -0.2) is 0 Å². The lowest BCUT2D eigenvalue weighted by Crippen LogP contribution is -2.26. The van der Waals surface area contributed by atoms with Gasteiger partial charge in [0, 0.05) is 15.8 Å². The molecule has 0 bridgehead atoms. The fourth-order valence-electron chi connectivity index (χ4n) is 2.37. The molecule has 0 aliphatic carbocycles. The second-order valence-corrected chi connectivity index (χ2v) is 5.49. The fourth-order valence-corrected chi connectivity index (χ4v) is 2.78. The lowest BCUT2D eigenvalue weighted by atomic mass is 10.1. The molecular weight excluding hydrogens is 304 g/mol. The summed E-state index contributed by atoms with van der Waals surface area (Å²) in [5.74, 6) is 0.122. The number of amides is 1. The maximum atomic E-state index is 12.1. The van der Waals surface area contributed by atoms with E-state index in [9.17, 15) is 4.79 Å². The minimum atomic E-state index is 0.122. The first-order valence-corrected chi connectivity index (χ1v) is 6.86. The molecular formula is C15H13BrN2O. The largest absolute Gasteiger partial charge is 0.399 e. The van der Waals surface area contributed by atoms with E-state index in [4.69, 9.17) is 5.73 Å². The van der Waals surface area contributed by atoms with Crippen molar-refractivity contribution in [3.8, 4) is 0 Å². The van der Waals surface area contributed by atoms with Crippen LogP contribution in [0.15, 0.2) is 46.9 Å². The van der Waals surface area contributed by atoms with Gasteiger partial charge in [-0.1, -0.05) is 34.1 Å². The first-order valence-electron chi connectivity index (χ1n) is 6.07. The van der Waals surface area contributed by atoms with E-state index in [-0.39, 0.29) is 5.91 Å². The molecule has 19 heavy (non-hydrogen) atoms. The molecule has 0 fully saturated rings. The third-order valence-corrected chi connectivity index (χ3v) is 4.10. The van der Waals surface area contributed by atoms with Gasteiger partial charge in [0.2, 0.25) is 5.91 Å². The van der Waals surface area contributed by atoms with Crippen molar-refractivity contribution in [1.82, 2.24) is 0 Å². The van der Waals surface area contributed by atoms with Gasteiger partial charge in [0.25, 0.3) is 0 Å². The number of hydrogen-bond donors (Lipinski definition) is 1. The topological polar surface area (TPSA) is 46.3 Å². The zero-order chi connectivity index (χ0) is 13.4. The van der Waals surface area contributed by atoms with Gasteiger partial charge in [-0.3, -0.25) is 4.79 Å². The maximum Gasteiger partial charge on any atom is 0.231 e. The predicted octanol–water partition coefficient (Wildman–Crippen LogP) is 3.12. The van der Waals surface area contributed by atoms with E-state index >= 15 is 0 Å². The summed E-state index contributed by atoms with van der Waals surface area (Å²) in [6.45, 7) is 0.581. The van der Waals surface area contributed by atoms with Gasteiger partial charge in [-0.2, -0.15) is 0 Å². The van der Waals surface area contributed by atoms with Crippen molar-refractivity contribution >= 4 is 33.2 Å². The molecule has 2 N–H and O–H groups in total. The Morgan fingerprint density at radius 3 is 2.79 bits per heavy atom. The predicted molar refractivity (Wildman–Crippen MR) is 79.9 cm³/mol. The van der Waals surface area contributed by atoms with Crippen LogP contribution in [0.4, 0.5) is 11.4 Å². The van der Waals surface area contributed by atoms with Crippen LogP contribution < -0.4 is 10.6 Å². The minimum Gasteiger partial charge on any atom is -0.399 e. The second kappa shape index (κ2) is 4.70. The van der Waals surface area contributed by atoms with Crippen LogP contribution in [0, 0.1) is 0 Å². The molecule has 96 valence electrons. The Balaban J connectivity index is 1.95. The molecule has 4 heteroatoms. The van der Waals surface area contributed by atoms with Crippen LogP contribution in [0.3, 0.4) is 0 Å². The number of fused-ring (bicyclic) bond motifs is 1. The Labute approximate surface area is 120 Å². The van der Waals surface area contributed by atoms with Crippen molar-refractivity contribution < 1.29 is 4.79 Å². The molecule has 0 radical (unpaired) electrons. The summed E-state index contributed by atoms with van der Waals surface area (Å²) in [5, 5.41) is 0. The first-order chi connectivity index (χ1) is 9.15. The van der Waals surface area contributed by atoms with Gasteiger partial charge in [0.15, 0.2) is 0 Å². The third kappa shape index (κ3) is 2.24. The number of carbonyl (C=O) groups is 1. The van der Waals surface area contributed by atoms with Crippen molar-refractivity contribution in [2.75, 3.05) is 10.6 Å². The highest BCUT2D eigenvalue weighted by atomic mass is 79.9. The van der Waals surface area contributed by atoms with E-state index < -0.39 is 0 Å². The molecule has 0 atom stereocenters. The molecule has 0 saturated carbocycles. The molecule has 2 aromatic carbocycles.